The van der Waals surface area contributed by atoms with Crippen molar-refractivity contribution in [2.24, 2.45) is 5.73 Å². The fourth-order valence-corrected chi connectivity index (χ4v) is 4.25. The maximum absolute atomic E-state index is 6.09. The van der Waals surface area contributed by atoms with Gasteiger partial charge in [-0.3, -0.25) is 0 Å². The van der Waals surface area contributed by atoms with Crippen LogP contribution >= 0.6 is 11.3 Å². The molecule has 0 spiro atoms. The van der Waals surface area contributed by atoms with Gasteiger partial charge in [-0.2, -0.15) is 9.61 Å². The quantitative estimate of drug-likeness (QED) is 0.911. The van der Waals surface area contributed by atoms with Crippen LogP contribution in [0.25, 0.3) is 4.96 Å². The third kappa shape index (κ3) is 2.13. The van der Waals surface area contributed by atoms with Crippen LogP contribution in [0.2, 0.25) is 0 Å². The van der Waals surface area contributed by atoms with Gasteiger partial charge >= 0.3 is 0 Å². The van der Waals surface area contributed by atoms with Gasteiger partial charge in [0.15, 0.2) is 5.82 Å². The van der Waals surface area contributed by atoms with Crippen LogP contribution < -0.4 is 5.73 Å². The topological polar surface area (TPSA) is 78.3 Å². The molecule has 1 aliphatic carbocycles. The molecule has 2 fully saturated rings. The van der Waals surface area contributed by atoms with Crippen molar-refractivity contribution in [3.05, 3.63) is 10.8 Å². The molecule has 1 saturated carbocycles. The lowest BCUT2D eigenvalue weighted by atomic mass is 9.87. The Labute approximate surface area is 121 Å². The highest BCUT2D eigenvalue weighted by atomic mass is 32.1. The Morgan fingerprint density at radius 2 is 2.15 bits per heavy atom. The van der Waals surface area contributed by atoms with Gasteiger partial charge in [0.25, 0.3) is 0 Å². The molecule has 3 heterocycles. The summed E-state index contributed by atoms with van der Waals surface area (Å²) < 4.78 is 7.38. The minimum absolute atomic E-state index is 0.325. The second kappa shape index (κ2) is 5.05. The van der Waals surface area contributed by atoms with Gasteiger partial charge in [0.05, 0.1) is 6.61 Å². The summed E-state index contributed by atoms with van der Waals surface area (Å²) in [6, 6.07) is 0.325. The van der Waals surface area contributed by atoms with Gasteiger partial charge < -0.3 is 10.5 Å². The molecule has 1 saturated heterocycles. The molecule has 3 atom stereocenters. The highest BCUT2D eigenvalue weighted by molar-refractivity contribution is 7.16. The molecule has 108 valence electrons. The molecule has 1 aliphatic heterocycles. The van der Waals surface area contributed by atoms with Crippen molar-refractivity contribution in [3.8, 4) is 0 Å². The first-order valence-electron chi connectivity index (χ1n) is 7.36. The molecular formula is C13H19N5OS. The molecule has 0 aromatic carbocycles. The molecule has 2 aliphatic rings. The molecule has 4 rings (SSSR count). The monoisotopic (exact) mass is 293 g/mol. The van der Waals surface area contributed by atoms with E-state index in [1.807, 2.05) is 4.52 Å². The lowest BCUT2D eigenvalue weighted by Crippen LogP contribution is -2.26. The van der Waals surface area contributed by atoms with E-state index in [2.05, 4.69) is 10.2 Å². The van der Waals surface area contributed by atoms with Crippen molar-refractivity contribution < 1.29 is 4.74 Å². The van der Waals surface area contributed by atoms with Gasteiger partial charge in [0, 0.05) is 24.5 Å². The summed E-state index contributed by atoms with van der Waals surface area (Å²) in [7, 11) is 0. The summed E-state index contributed by atoms with van der Waals surface area (Å²) in [6.07, 6.45) is 5.61. The summed E-state index contributed by atoms with van der Waals surface area (Å²) in [5.41, 5.74) is 6.09. The predicted molar refractivity (Wildman–Crippen MR) is 76.0 cm³/mol. The van der Waals surface area contributed by atoms with Crippen LogP contribution in [-0.2, 0) is 4.74 Å². The van der Waals surface area contributed by atoms with Crippen LogP contribution in [0.15, 0.2) is 0 Å². The van der Waals surface area contributed by atoms with Gasteiger partial charge in [-0.1, -0.05) is 17.8 Å². The predicted octanol–water partition coefficient (Wildman–Crippen LogP) is 1.67. The Kier molecular flexibility index (Phi) is 3.20. The molecule has 0 bridgehead atoms. The van der Waals surface area contributed by atoms with Gasteiger partial charge in [0.1, 0.15) is 5.01 Å². The third-order valence-corrected chi connectivity index (χ3v) is 5.45. The van der Waals surface area contributed by atoms with Crippen LogP contribution in [0, 0.1) is 0 Å². The molecule has 6 nitrogen and oxygen atoms in total. The molecule has 20 heavy (non-hydrogen) atoms. The van der Waals surface area contributed by atoms with E-state index in [9.17, 15) is 0 Å². The minimum Gasteiger partial charge on any atom is -0.381 e. The highest BCUT2D eigenvalue weighted by Crippen LogP contribution is 2.35. The Morgan fingerprint density at radius 1 is 1.20 bits per heavy atom. The Bertz CT molecular complexity index is 603. The molecular weight excluding hydrogens is 274 g/mol. The van der Waals surface area contributed by atoms with Crippen molar-refractivity contribution in [2.75, 3.05) is 13.2 Å². The fourth-order valence-electron chi connectivity index (χ4n) is 3.26. The SMILES string of the molecule is NC1CCCC(c2nn3c(C4CCOC4)nnc3s2)C1. The largest absolute Gasteiger partial charge is 0.381 e. The van der Waals surface area contributed by atoms with Crippen molar-refractivity contribution >= 4 is 16.3 Å². The second-order valence-electron chi connectivity index (χ2n) is 5.88. The lowest BCUT2D eigenvalue weighted by Gasteiger charge is -2.24. The van der Waals surface area contributed by atoms with E-state index in [1.54, 1.807) is 11.3 Å². The molecule has 0 amide bonds. The van der Waals surface area contributed by atoms with E-state index in [-0.39, 0.29) is 0 Å². The summed E-state index contributed by atoms with van der Waals surface area (Å²) in [6.45, 7) is 1.55. The van der Waals surface area contributed by atoms with Crippen molar-refractivity contribution in [1.29, 1.82) is 0 Å². The maximum atomic E-state index is 6.09. The van der Waals surface area contributed by atoms with E-state index in [0.717, 1.165) is 43.3 Å². The molecule has 2 aromatic heterocycles. The van der Waals surface area contributed by atoms with Gasteiger partial charge in [0.2, 0.25) is 4.96 Å². The zero-order valence-corrected chi connectivity index (χ0v) is 12.2. The average molecular weight is 293 g/mol. The number of nitrogens with two attached hydrogens (primary N) is 1. The first-order valence-corrected chi connectivity index (χ1v) is 8.18. The van der Waals surface area contributed by atoms with E-state index in [4.69, 9.17) is 15.6 Å². The number of nitrogens with zero attached hydrogens (tertiary/aromatic N) is 4. The van der Waals surface area contributed by atoms with Crippen LogP contribution in [0.3, 0.4) is 0 Å². The van der Waals surface area contributed by atoms with Gasteiger partial charge in [-0.15, -0.1) is 10.2 Å². The van der Waals surface area contributed by atoms with E-state index < -0.39 is 0 Å². The van der Waals surface area contributed by atoms with Crippen LogP contribution in [-0.4, -0.2) is 39.1 Å². The smallest absolute Gasteiger partial charge is 0.234 e. The number of hydrogen-bond acceptors (Lipinski definition) is 6. The third-order valence-electron chi connectivity index (χ3n) is 4.39. The second-order valence-corrected chi connectivity index (χ2v) is 6.86. The first-order chi connectivity index (χ1) is 9.81. The van der Waals surface area contributed by atoms with Crippen molar-refractivity contribution in [1.82, 2.24) is 19.8 Å². The average Bonchev–Trinajstić information content (AvgIpc) is 3.14. The first kappa shape index (κ1) is 12.7. The van der Waals surface area contributed by atoms with Crippen LogP contribution in [0.4, 0.5) is 0 Å². The van der Waals surface area contributed by atoms with Crippen molar-refractivity contribution in [3.63, 3.8) is 0 Å². The standard InChI is InChI=1S/C13H19N5OS/c14-10-3-1-2-8(6-10)12-17-18-11(9-4-5-19-7-9)15-16-13(18)20-12/h8-10H,1-7,14H2. The summed E-state index contributed by atoms with van der Waals surface area (Å²) in [5, 5.41) is 14.5. The fraction of sp³-hybridized carbons (Fsp3) is 0.769. The molecule has 7 heteroatoms. The number of ether oxygens (including phenoxy) is 1. The van der Waals surface area contributed by atoms with Gasteiger partial charge in [-0.05, 0) is 25.7 Å². The molecule has 3 unspecified atom stereocenters. The van der Waals surface area contributed by atoms with Crippen LogP contribution in [0.5, 0.6) is 0 Å². The number of hydrogen-bond donors (Lipinski definition) is 1. The Morgan fingerprint density at radius 3 is 2.95 bits per heavy atom. The zero-order valence-electron chi connectivity index (χ0n) is 11.4. The number of aromatic nitrogens is 4. The number of rotatable bonds is 2. The Hall–Kier alpha value is -1.05. The number of fused-ring (bicyclic) bond motifs is 1. The van der Waals surface area contributed by atoms with E-state index in [1.165, 1.54) is 17.8 Å². The normalized spacial score (nSPS) is 31.1. The molecule has 2 N–H and O–H groups in total. The summed E-state index contributed by atoms with van der Waals surface area (Å²) in [5.74, 6) is 1.80. The highest BCUT2D eigenvalue weighted by Gasteiger charge is 2.28. The minimum atomic E-state index is 0.325. The molecule has 2 aromatic rings. The lowest BCUT2D eigenvalue weighted by molar-refractivity contribution is 0.193. The zero-order chi connectivity index (χ0) is 13.5. The summed E-state index contributed by atoms with van der Waals surface area (Å²) >= 11 is 1.67. The van der Waals surface area contributed by atoms with E-state index >= 15 is 0 Å². The maximum Gasteiger partial charge on any atom is 0.234 e. The van der Waals surface area contributed by atoms with Crippen LogP contribution in [0.1, 0.15) is 54.8 Å². The molecule has 0 radical (unpaired) electrons. The van der Waals surface area contributed by atoms with E-state index in [0.29, 0.717) is 17.9 Å². The summed E-state index contributed by atoms with van der Waals surface area (Å²) in [4.78, 5) is 0.904. The van der Waals surface area contributed by atoms with Gasteiger partial charge in [-0.25, -0.2) is 0 Å². The van der Waals surface area contributed by atoms with Crippen molar-refractivity contribution in [2.45, 2.75) is 50.0 Å². The Balaban J connectivity index is 1.65.